The molecule has 0 aliphatic heterocycles. The van der Waals surface area contributed by atoms with Gasteiger partial charge in [-0.1, -0.05) is 26.3 Å². The second kappa shape index (κ2) is 5.84. The summed E-state index contributed by atoms with van der Waals surface area (Å²) in [6, 6.07) is 6.72. The van der Waals surface area contributed by atoms with Crippen molar-refractivity contribution in [3.63, 3.8) is 0 Å². The highest BCUT2D eigenvalue weighted by Crippen LogP contribution is 2.43. The average molecular weight is 304 g/mol. The number of benzene rings is 1. The van der Waals surface area contributed by atoms with Gasteiger partial charge in [0.2, 0.25) is 0 Å². The van der Waals surface area contributed by atoms with Crippen molar-refractivity contribution < 1.29 is 4.74 Å². The van der Waals surface area contributed by atoms with Crippen LogP contribution in [0.25, 0.3) is 11.0 Å². The van der Waals surface area contributed by atoms with Gasteiger partial charge in [-0.2, -0.15) is 0 Å². The van der Waals surface area contributed by atoms with Gasteiger partial charge in [-0.25, -0.2) is 0 Å². The van der Waals surface area contributed by atoms with Gasteiger partial charge in [0.25, 0.3) is 0 Å². The number of fused-ring (bicyclic) bond motifs is 1. The molecule has 3 nitrogen and oxygen atoms in total. The van der Waals surface area contributed by atoms with Crippen LogP contribution in [0, 0.1) is 16.6 Å². The molecule has 1 fully saturated rings. The van der Waals surface area contributed by atoms with E-state index in [0.29, 0.717) is 18.6 Å². The Labute approximate surface area is 131 Å². The molecule has 0 bridgehead atoms. The first-order valence-electron chi connectivity index (χ1n) is 8.03. The van der Waals surface area contributed by atoms with Crippen molar-refractivity contribution in [2.75, 3.05) is 6.61 Å². The van der Waals surface area contributed by atoms with Crippen LogP contribution in [0.2, 0.25) is 0 Å². The third kappa shape index (κ3) is 2.39. The normalized spacial score (nSPS) is 25.6. The third-order valence-electron chi connectivity index (χ3n) is 5.05. The number of aromatic amines is 1. The van der Waals surface area contributed by atoms with Crippen molar-refractivity contribution in [3.05, 3.63) is 23.0 Å². The zero-order valence-corrected chi connectivity index (χ0v) is 13.9. The lowest BCUT2D eigenvalue weighted by molar-refractivity contribution is 0.332. The lowest BCUT2D eigenvalue weighted by atomic mass is 9.93. The quantitative estimate of drug-likeness (QED) is 0.797. The topological polar surface area (TPSA) is 29.9 Å². The van der Waals surface area contributed by atoms with Crippen LogP contribution >= 0.6 is 12.2 Å². The number of H-pyrrole nitrogens is 1. The van der Waals surface area contributed by atoms with E-state index in [2.05, 4.69) is 35.5 Å². The van der Waals surface area contributed by atoms with E-state index in [1.807, 2.05) is 13.0 Å². The zero-order valence-electron chi connectivity index (χ0n) is 13.1. The minimum absolute atomic E-state index is 0.507. The van der Waals surface area contributed by atoms with Crippen LogP contribution in [0.5, 0.6) is 5.75 Å². The van der Waals surface area contributed by atoms with Gasteiger partial charge in [-0.3, -0.25) is 0 Å². The second-order valence-electron chi connectivity index (χ2n) is 6.06. The van der Waals surface area contributed by atoms with Crippen LogP contribution in [0.3, 0.4) is 0 Å². The zero-order chi connectivity index (χ0) is 15.0. The maximum atomic E-state index is 5.73. The predicted octanol–water partition coefficient (Wildman–Crippen LogP) is 5.09. The van der Waals surface area contributed by atoms with Crippen molar-refractivity contribution >= 4 is 23.3 Å². The van der Waals surface area contributed by atoms with Gasteiger partial charge in [-0.15, -0.1) is 0 Å². The lowest BCUT2D eigenvalue weighted by Gasteiger charge is -2.22. The molecule has 3 unspecified atom stereocenters. The fourth-order valence-electron chi connectivity index (χ4n) is 3.89. The van der Waals surface area contributed by atoms with Crippen LogP contribution in [-0.4, -0.2) is 16.2 Å². The third-order valence-corrected chi connectivity index (χ3v) is 5.35. The van der Waals surface area contributed by atoms with Crippen molar-refractivity contribution in [2.24, 2.45) is 11.8 Å². The molecule has 2 aromatic rings. The van der Waals surface area contributed by atoms with Crippen LogP contribution in [-0.2, 0) is 0 Å². The van der Waals surface area contributed by atoms with E-state index < -0.39 is 0 Å². The molecule has 0 radical (unpaired) electrons. The Morgan fingerprint density at radius 3 is 2.81 bits per heavy atom. The van der Waals surface area contributed by atoms with Crippen molar-refractivity contribution in [1.82, 2.24) is 9.55 Å². The fourth-order valence-corrected chi connectivity index (χ4v) is 4.23. The molecule has 1 N–H and O–H groups in total. The number of imidazole rings is 1. The van der Waals surface area contributed by atoms with Gasteiger partial charge >= 0.3 is 0 Å². The summed E-state index contributed by atoms with van der Waals surface area (Å²) in [7, 11) is 0. The summed E-state index contributed by atoms with van der Waals surface area (Å²) >= 11 is 5.61. The molecule has 0 saturated heterocycles. The molecule has 1 aromatic carbocycles. The second-order valence-corrected chi connectivity index (χ2v) is 6.44. The van der Waals surface area contributed by atoms with E-state index in [1.54, 1.807) is 0 Å². The Morgan fingerprint density at radius 1 is 1.33 bits per heavy atom. The van der Waals surface area contributed by atoms with Crippen molar-refractivity contribution in [1.29, 1.82) is 0 Å². The smallest absolute Gasteiger partial charge is 0.178 e. The first kappa shape index (κ1) is 14.6. The molecular weight excluding hydrogens is 280 g/mol. The largest absolute Gasteiger partial charge is 0.492 e. The summed E-state index contributed by atoms with van der Waals surface area (Å²) in [5.41, 5.74) is 2.22. The van der Waals surface area contributed by atoms with E-state index in [1.165, 1.54) is 24.8 Å². The number of rotatable bonds is 4. The molecule has 3 rings (SSSR count). The molecule has 1 aromatic heterocycles. The molecular formula is C17H24N2OS. The summed E-state index contributed by atoms with van der Waals surface area (Å²) in [5, 5.41) is 0. The number of aromatic nitrogens is 2. The SMILES string of the molecule is CCOc1cccc2c1[nH]c(=S)n2C1CCC(CC)C1C. The fraction of sp³-hybridized carbons (Fsp3) is 0.588. The van der Waals surface area contributed by atoms with Gasteiger partial charge in [0.15, 0.2) is 4.77 Å². The van der Waals surface area contributed by atoms with Gasteiger partial charge in [-0.05, 0) is 56.0 Å². The highest BCUT2D eigenvalue weighted by Gasteiger charge is 2.34. The molecule has 0 amide bonds. The van der Waals surface area contributed by atoms with Crippen LogP contribution in [0.4, 0.5) is 0 Å². The number of para-hydroxylation sites is 1. The molecule has 3 atom stereocenters. The van der Waals surface area contributed by atoms with E-state index in [-0.39, 0.29) is 0 Å². The van der Waals surface area contributed by atoms with Crippen LogP contribution < -0.4 is 4.74 Å². The molecule has 21 heavy (non-hydrogen) atoms. The van der Waals surface area contributed by atoms with E-state index in [0.717, 1.165) is 22.0 Å². The van der Waals surface area contributed by atoms with Gasteiger partial charge < -0.3 is 14.3 Å². The predicted molar refractivity (Wildman–Crippen MR) is 89.5 cm³/mol. The summed E-state index contributed by atoms with van der Waals surface area (Å²) in [4.78, 5) is 3.36. The molecule has 4 heteroatoms. The number of hydrogen-bond donors (Lipinski definition) is 1. The molecule has 1 saturated carbocycles. The average Bonchev–Trinajstić information content (AvgIpc) is 2.99. The molecule has 0 spiro atoms. The van der Waals surface area contributed by atoms with E-state index in [4.69, 9.17) is 17.0 Å². The Kier molecular flexibility index (Phi) is 4.07. The summed E-state index contributed by atoms with van der Waals surface area (Å²) in [6.07, 6.45) is 3.79. The van der Waals surface area contributed by atoms with Crippen LogP contribution in [0.15, 0.2) is 18.2 Å². The van der Waals surface area contributed by atoms with E-state index in [9.17, 15) is 0 Å². The summed E-state index contributed by atoms with van der Waals surface area (Å²) < 4.78 is 8.88. The lowest BCUT2D eigenvalue weighted by Crippen LogP contribution is -2.15. The van der Waals surface area contributed by atoms with E-state index >= 15 is 0 Å². The number of hydrogen-bond acceptors (Lipinski definition) is 2. The highest BCUT2D eigenvalue weighted by atomic mass is 32.1. The van der Waals surface area contributed by atoms with Crippen LogP contribution in [0.1, 0.15) is 46.1 Å². The maximum absolute atomic E-state index is 5.73. The molecule has 1 heterocycles. The Balaban J connectivity index is 2.09. The first-order valence-corrected chi connectivity index (χ1v) is 8.44. The molecule has 114 valence electrons. The van der Waals surface area contributed by atoms with Gasteiger partial charge in [0.1, 0.15) is 11.3 Å². The standard InChI is InChI=1S/C17H24N2OS/c1-4-12-9-10-13(11(12)3)19-14-7-6-8-15(20-5-2)16(14)18-17(19)21/h6-8,11-13H,4-5,9-10H2,1-3H3,(H,18,21). The van der Waals surface area contributed by atoms with Gasteiger partial charge in [0, 0.05) is 6.04 Å². The monoisotopic (exact) mass is 304 g/mol. The minimum Gasteiger partial charge on any atom is -0.492 e. The molecule has 1 aliphatic carbocycles. The Bertz CT molecular complexity index is 688. The summed E-state index contributed by atoms with van der Waals surface area (Å²) in [5.74, 6) is 2.39. The number of nitrogens with one attached hydrogen (secondary N) is 1. The number of ether oxygens (including phenoxy) is 1. The van der Waals surface area contributed by atoms with Crippen molar-refractivity contribution in [2.45, 2.75) is 46.1 Å². The highest BCUT2D eigenvalue weighted by molar-refractivity contribution is 7.71. The Morgan fingerprint density at radius 2 is 2.14 bits per heavy atom. The first-order chi connectivity index (χ1) is 10.2. The van der Waals surface area contributed by atoms with Gasteiger partial charge in [0.05, 0.1) is 12.1 Å². The minimum atomic E-state index is 0.507. The van der Waals surface area contributed by atoms with Crippen molar-refractivity contribution in [3.8, 4) is 5.75 Å². The molecule has 1 aliphatic rings. The summed E-state index contributed by atoms with van der Waals surface area (Å²) in [6.45, 7) is 7.35. The Hall–Kier alpha value is -1.29. The number of nitrogens with zero attached hydrogens (tertiary/aromatic N) is 1. The maximum Gasteiger partial charge on any atom is 0.178 e.